The summed E-state index contributed by atoms with van der Waals surface area (Å²) in [5.41, 5.74) is 0. The van der Waals surface area contributed by atoms with E-state index in [0.717, 1.165) is 18.9 Å². The van der Waals surface area contributed by atoms with Crippen LogP contribution in [0.5, 0.6) is 0 Å². The average Bonchev–Trinajstić information content (AvgIpc) is 2.72. The highest BCUT2D eigenvalue weighted by Gasteiger charge is 2.22. The molecule has 1 aromatic heterocycles. The summed E-state index contributed by atoms with van der Waals surface area (Å²) >= 11 is 0. The summed E-state index contributed by atoms with van der Waals surface area (Å²) in [4.78, 5) is 42.8. The number of aromatic nitrogens is 1. The predicted octanol–water partition coefficient (Wildman–Crippen LogP) is 1.48. The topological polar surface area (TPSA) is 103 Å². The summed E-state index contributed by atoms with van der Waals surface area (Å²) in [5, 5.41) is 11.3. The summed E-state index contributed by atoms with van der Waals surface area (Å²) in [6.07, 6.45) is 2.31. The fraction of sp³-hybridized carbons (Fsp3) is 0.556. The number of hydrogen-bond acceptors (Lipinski definition) is 7. The molecule has 0 unspecified atom stereocenters. The minimum absolute atomic E-state index is 0.00872. The van der Waals surface area contributed by atoms with E-state index in [-0.39, 0.29) is 31.1 Å². The molecule has 2 N–H and O–H groups in total. The number of aliphatic carboxylic acids is 1. The van der Waals surface area contributed by atoms with Crippen LogP contribution in [0.1, 0.15) is 19.3 Å². The van der Waals surface area contributed by atoms with Crippen molar-refractivity contribution >= 4 is 45.2 Å². The molecule has 0 radical (unpaired) electrons. The van der Waals surface area contributed by atoms with Crippen molar-refractivity contribution < 1.29 is 19.5 Å². The number of carboxylic acids is 1. The summed E-state index contributed by atoms with van der Waals surface area (Å²) in [6.45, 7) is 3.28. The van der Waals surface area contributed by atoms with E-state index < -0.39 is 5.97 Å². The fourth-order valence-corrected chi connectivity index (χ4v) is 4.56. The number of carbonyl (C=O) groups excluding carboxylic acids is 2. The maximum Gasteiger partial charge on any atom is 0.304 e. The van der Waals surface area contributed by atoms with Crippen LogP contribution in [0, 0.1) is 0 Å². The number of carboxylic acid groups (broad SMARTS) is 1. The van der Waals surface area contributed by atoms with Crippen LogP contribution in [-0.4, -0.2) is 77.0 Å². The fourth-order valence-electron chi connectivity index (χ4n) is 2.67. The van der Waals surface area contributed by atoms with Crippen LogP contribution in [0.15, 0.2) is 24.4 Å². The maximum atomic E-state index is 12.3. The van der Waals surface area contributed by atoms with Crippen LogP contribution in [0.25, 0.3) is 0 Å². The second-order valence-corrected chi connectivity index (χ2v) is 8.90. The van der Waals surface area contributed by atoms with Crippen LogP contribution >= 0.6 is 21.6 Å². The third kappa shape index (κ3) is 8.39. The van der Waals surface area contributed by atoms with Crippen molar-refractivity contribution in [3.8, 4) is 0 Å². The lowest BCUT2D eigenvalue weighted by atomic mass is 10.2. The smallest absolute Gasteiger partial charge is 0.304 e. The lowest BCUT2D eigenvalue weighted by molar-refractivity contribution is -0.136. The van der Waals surface area contributed by atoms with Gasteiger partial charge in [0, 0.05) is 63.3 Å². The largest absolute Gasteiger partial charge is 0.481 e. The number of amides is 2. The van der Waals surface area contributed by atoms with E-state index in [2.05, 4.69) is 15.2 Å². The Hall–Kier alpha value is -1.94. The van der Waals surface area contributed by atoms with Crippen molar-refractivity contribution in [2.45, 2.75) is 19.3 Å². The Kier molecular flexibility index (Phi) is 9.98. The standard InChI is InChI=1S/C18H26N4O4S2/c23-16(20-8-14-28-27-13-6-18(25)26)4-5-17(24)22-11-9-21(10-12-22)15-3-1-2-7-19-15/h1-3,7H,4-6,8-14H2,(H,20,23)(H,25,26). The lowest BCUT2D eigenvalue weighted by Crippen LogP contribution is -2.49. The van der Waals surface area contributed by atoms with E-state index in [1.54, 1.807) is 6.20 Å². The molecule has 1 aromatic rings. The Labute approximate surface area is 172 Å². The van der Waals surface area contributed by atoms with Gasteiger partial charge in [-0.15, -0.1) is 0 Å². The zero-order valence-electron chi connectivity index (χ0n) is 15.7. The molecule has 0 atom stereocenters. The first-order chi connectivity index (χ1) is 13.6. The Bertz CT molecular complexity index is 640. The minimum atomic E-state index is -0.802. The van der Waals surface area contributed by atoms with Crippen molar-refractivity contribution in [1.29, 1.82) is 0 Å². The summed E-state index contributed by atoms with van der Waals surface area (Å²) in [7, 11) is 3.02. The highest BCUT2D eigenvalue weighted by atomic mass is 33.1. The number of nitrogens with one attached hydrogen (secondary N) is 1. The molecule has 1 saturated heterocycles. The molecule has 154 valence electrons. The second-order valence-electron chi connectivity index (χ2n) is 6.19. The first kappa shape index (κ1) is 22.4. The van der Waals surface area contributed by atoms with Gasteiger partial charge in [-0.1, -0.05) is 27.7 Å². The molecule has 8 nitrogen and oxygen atoms in total. The van der Waals surface area contributed by atoms with Crippen molar-refractivity contribution in [2.24, 2.45) is 0 Å². The third-order valence-corrected chi connectivity index (χ3v) is 6.57. The Morgan fingerprint density at radius 2 is 1.79 bits per heavy atom. The monoisotopic (exact) mass is 426 g/mol. The van der Waals surface area contributed by atoms with Crippen molar-refractivity contribution in [3.05, 3.63) is 24.4 Å². The van der Waals surface area contributed by atoms with Gasteiger partial charge >= 0.3 is 5.97 Å². The van der Waals surface area contributed by atoms with Gasteiger partial charge in [0.05, 0.1) is 6.42 Å². The molecule has 0 saturated carbocycles. The molecule has 2 amide bonds. The zero-order chi connectivity index (χ0) is 20.2. The SMILES string of the molecule is O=C(O)CCSSCCNC(=O)CCC(=O)N1CCN(c2ccccn2)CC1. The molecule has 2 rings (SSSR count). The third-order valence-electron chi connectivity index (χ3n) is 4.16. The number of nitrogens with zero attached hydrogens (tertiary/aromatic N) is 3. The van der Waals surface area contributed by atoms with Crippen LogP contribution in [0.4, 0.5) is 5.82 Å². The van der Waals surface area contributed by atoms with Gasteiger partial charge in [-0.3, -0.25) is 14.4 Å². The summed E-state index contributed by atoms with van der Waals surface area (Å²) in [6, 6.07) is 5.79. The van der Waals surface area contributed by atoms with Gasteiger partial charge in [0.1, 0.15) is 5.82 Å². The number of pyridine rings is 1. The molecule has 10 heteroatoms. The number of piperazine rings is 1. The number of hydrogen-bond donors (Lipinski definition) is 2. The molecule has 1 aliphatic rings. The van der Waals surface area contributed by atoms with E-state index in [4.69, 9.17) is 5.11 Å². The molecule has 1 fully saturated rings. The summed E-state index contributed by atoms with van der Waals surface area (Å²) in [5.74, 6) is 1.26. The van der Waals surface area contributed by atoms with Crippen molar-refractivity contribution in [1.82, 2.24) is 15.2 Å². The van der Waals surface area contributed by atoms with E-state index in [9.17, 15) is 14.4 Å². The molecule has 2 heterocycles. The van der Waals surface area contributed by atoms with Crippen LogP contribution < -0.4 is 10.2 Å². The molecule has 1 aliphatic heterocycles. The van der Waals surface area contributed by atoms with Crippen LogP contribution in [0.3, 0.4) is 0 Å². The van der Waals surface area contributed by atoms with Crippen LogP contribution in [-0.2, 0) is 14.4 Å². The van der Waals surface area contributed by atoms with Gasteiger partial charge in [-0.25, -0.2) is 4.98 Å². The van der Waals surface area contributed by atoms with Crippen LogP contribution in [0.2, 0.25) is 0 Å². The van der Waals surface area contributed by atoms with Gasteiger partial charge in [0.15, 0.2) is 0 Å². The van der Waals surface area contributed by atoms with Crippen molar-refractivity contribution in [2.75, 3.05) is 49.1 Å². The Morgan fingerprint density at radius 1 is 1.04 bits per heavy atom. The maximum absolute atomic E-state index is 12.3. The van der Waals surface area contributed by atoms with Crippen molar-refractivity contribution in [3.63, 3.8) is 0 Å². The van der Waals surface area contributed by atoms with E-state index >= 15 is 0 Å². The van der Waals surface area contributed by atoms with E-state index in [0.29, 0.717) is 31.1 Å². The Balaban J connectivity index is 1.53. The Morgan fingerprint density at radius 3 is 2.46 bits per heavy atom. The second kappa shape index (κ2) is 12.5. The first-order valence-electron chi connectivity index (χ1n) is 9.23. The molecule has 28 heavy (non-hydrogen) atoms. The highest BCUT2D eigenvalue weighted by molar-refractivity contribution is 8.76. The van der Waals surface area contributed by atoms with Gasteiger partial charge in [-0.05, 0) is 12.1 Å². The van der Waals surface area contributed by atoms with Gasteiger partial charge in [-0.2, -0.15) is 0 Å². The highest BCUT2D eigenvalue weighted by Crippen LogP contribution is 2.21. The van der Waals surface area contributed by atoms with E-state index in [1.807, 2.05) is 23.1 Å². The molecule has 0 aromatic carbocycles. The minimum Gasteiger partial charge on any atom is -0.481 e. The number of anilines is 1. The van der Waals surface area contributed by atoms with E-state index in [1.165, 1.54) is 21.6 Å². The average molecular weight is 427 g/mol. The molecule has 0 aliphatic carbocycles. The predicted molar refractivity (Wildman–Crippen MR) is 112 cm³/mol. The summed E-state index contributed by atoms with van der Waals surface area (Å²) < 4.78 is 0. The number of carbonyl (C=O) groups is 3. The molecule has 0 spiro atoms. The zero-order valence-corrected chi connectivity index (χ0v) is 17.3. The molecular formula is C18H26N4O4S2. The lowest BCUT2D eigenvalue weighted by Gasteiger charge is -2.35. The normalized spacial score (nSPS) is 14.0. The quantitative estimate of drug-likeness (QED) is 0.405. The molecule has 0 bridgehead atoms. The van der Waals surface area contributed by atoms with Gasteiger partial charge in [0.25, 0.3) is 0 Å². The molecular weight excluding hydrogens is 400 g/mol. The van der Waals surface area contributed by atoms with Gasteiger partial charge < -0.3 is 20.2 Å². The number of rotatable bonds is 11. The van der Waals surface area contributed by atoms with Gasteiger partial charge in [0.2, 0.25) is 11.8 Å². The first-order valence-corrected chi connectivity index (χ1v) is 11.7.